The molecular weight excluding hydrogens is 334 g/mol. The minimum atomic E-state index is -0.126. The number of ether oxygens (including phenoxy) is 1. The summed E-state index contributed by atoms with van der Waals surface area (Å²) in [7, 11) is 0. The molecule has 0 saturated carbocycles. The summed E-state index contributed by atoms with van der Waals surface area (Å²) < 4.78 is 14.0. The predicted molar refractivity (Wildman–Crippen MR) is 97.8 cm³/mol. The first-order chi connectivity index (χ1) is 12.1. The van der Waals surface area contributed by atoms with Crippen molar-refractivity contribution in [3.05, 3.63) is 76.6 Å². The van der Waals surface area contributed by atoms with Crippen molar-refractivity contribution < 1.29 is 9.53 Å². The number of hydrogen-bond acceptors (Lipinski definition) is 5. The summed E-state index contributed by atoms with van der Waals surface area (Å²) in [5.74, 6) is 0.508. The van der Waals surface area contributed by atoms with E-state index in [1.807, 2.05) is 44.2 Å². The van der Waals surface area contributed by atoms with E-state index in [1.165, 1.54) is 17.3 Å². The maximum Gasteiger partial charge on any atom is 0.251 e. The number of nitrogens with one attached hydrogen (secondary N) is 1. The van der Waals surface area contributed by atoms with Crippen molar-refractivity contribution in [3.63, 3.8) is 0 Å². The average Bonchev–Trinajstić information content (AvgIpc) is 3.03. The second-order valence-corrected chi connectivity index (χ2v) is 6.31. The van der Waals surface area contributed by atoms with Crippen molar-refractivity contribution in [1.82, 2.24) is 14.1 Å². The molecule has 0 aliphatic heterocycles. The van der Waals surface area contributed by atoms with Crippen molar-refractivity contribution in [2.45, 2.75) is 27.0 Å². The van der Waals surface area contributed by atoms with Crippen LogP contribution in [-0.2, 0) is 13.2 Å². The lowest BCUT2D eigenvalue weighted by Crippen LogP contribution is -2.22. The molecule has 1 amide bonds. The van der Waals surface area contributed by atoms with E-state index in [9.17, 15) is 4.79 Å². The Labute approximate surface area is 151 Å². The third-order valence-corrected chi connectivity index (χ3v) is 4.41. The molecule has 6 heteroatoms. The largest absolute Gasteiger partial charge is 0.487 e. The zero-order chi connectivity index (χ0) is 17.6. The number of nitrogens with zero attached hydrogens (tertiary/aromatic N) is 2. The van der Waals surface area contributed by atoms with Crippen LogP contribution < -0.4 is 10.1 Å². The fourth-order valence-electron chi connectivity index (χ4n) is 2.37. The van der Waals surface area contributed by atoms with Gasteiger partial charge in [-0.05, 0) is 37.6 Å². The molecule has 25 heavy (non-hydrogen) atoms. The minimum Gasteiger partial charge on any atom is -0.487 e. The number of aromatic nitrogens is 2. The molecule has 0 saturated heterocycles. The van der Waals surface area contributed by atoms with Crippen LogP contribution in [0.25, 0.3) is 0 Å². The SMILES string of the molecule is Cc1cccc(CNC(=O)c2cccc(OCc3nsnc3C)c2)c1. The highest BCUT2D eigenvalue weighted by molar-refractivity contribution is 6.99. The highest BCUT2D eigenvalue weighted by atomic mass is 32.1. The monoisotopic (exact) mass is 353 g/mol. The molecule has 3 aromatic rings. The first kappa shape index (κ1) is 17.1. The van der Waals surface area contributed by atoms with E-state index in [-0.39, 0.29) is 5.91 Å². The summed E-state index contributed by atoms with van der Waals surface area (Å²) in [6.45, 7) is 4.77. The van der Waals surface area contributed by atoms with Crippen LogP contribution in [0.4, 0.5) is 0 Å². The zero-order valence-corrected chi connectivity index (χ0v) is 15.0. The first-order valence-corrected chi connectivity index (χ1v) is 8.69. The molecule has 5 nitrogen and oxygen atoms in total. The fourth-order valence-corrected chi connectivity index (χ4v) is 2.92. The van der Waals surface area contributed by atoms with E-state index in [2.05, 4.69) is 20.1 Å². The Hall–Kier alpha value is -2.73. The van der Waals surface area contributed by atoms with E-state index in [0.29, 0.717) is 24.5 Å². The third kappa shape index (κ3) is 4.64. The smallest absolute Gasteiger partial charge is 0.251 e. The molecule has 0 aliphatic rings. The number of carbonyl (C=O) groups is 1. The predicted octanol–water partition coefficient (Wildman–Crippen LogP) is 3.66. The van der Waals surface area contributed by atoms with Crippen LogP contribution >= 0.6 is 11.7 Å². The number of aryl methyl sites for hydroxylation is 2. The van der Waals surface area contributed by atoms with Crippen LogP contribution in [0.2, 0.25) is 0 Å². The van der Waals surface area contributed by atoms with Gasteiger partial charge in [-0.2, -0.15) is 8.75 Å². The van der Waals surface area contributed by atoms with Crippen LogP contribution in [0.15, 0.2) is 48.5 Å². The van der Waals surface area contributed by atoms with Gasteiger partial charge in [0.05, 0.1) is 17.4 Å². The van der Waals surface area contributed by atoms with Gasteiger partial charge in [0, 0.05) is 12.1 Å². The van der Waals surface area contributed by atoms with E-state index in [0.717, 1.165) is 17.0 Å². The van der Waals surface area contributed by atoms with Crippen molar-refractivity contribution in [2.24, 2.45) is 0 Å². The molecular formula is C19H19N3O2S. The zero-order valence-electron chi connectivity index (χ0n) is 14.2. The number of benzene rings is 2. The quantitative estimate of drug-likeness (QED) is 0.734. The fraction of sp³-hybridized carbons (Fsp3) is 0.211. The molecule has 0 radical (unpaired) electrons. The van der Waals surface area contributed by atoms with E-state index < -0.39 is 0 Å². The maximum absolute atomic E-state index is 12.4. The van der Waals surface area contributed by atoms with Gasteiger partial charge in [0.25, 0.3) is 5.91 Å². The molecule has 128 valence electrons. The number of rotatable bonds is 6. The molecule has 0 unspecified atom stereocenters. The average molecular weight is 353 g/mol. The summed E-state index contributed by atoms with van der Waals surface area (Å²) >= 11 is 1.17. The van der Waals surface area contributed by atoms with Gasteiger partial charge in [-0.15, -0.1) is 0 Å². The summed E-state index contributed by atoms with van der Waals surface area (Å²) in [5, 5.41) is 2.93. The number of amides is 1. The molecule has 0 bridgehead atoms. The van der Waals surface area contributed by atoms with Gasteiger partial charge in [0.15, 0.2) is 0 Å². The Balaban J connectivity index is 1.60. The van der Waals surface area contributed by atoms with Gasteiger partial charge < -0.3 is 10.1 Å². The molecule has 1 N–H and O–H groups in total. The molecule has 0 fully saturated rings. The second-order valence-electron chi connectivity index (χ2n) is 5.78. The lowest BCUT2D eigenvalue weighted by molar-refractivity contribution is 0.0950. The highest BCUT2D eigenvalue weighted by Crippen LogP contribution is 2.16. The Morgan fingerprint density at radius 2 is 1.96 bits per heavy atom. The molecule has 0 atom stereocenters. The Kier molecular flexibility index (Phi) is 5.40. The maximum atomic E-state index is 12.4. The van der Waals surface area contributed by atoms with Crippen molar-refractivity contribution in [3.8, 4) is 5.75 Å². The minimum absolute atomic E-state index is 0.126. The van der Waals surface area contributed by atoms with Crippen LogP contribution in [0.1, 0.15) is 32.9 Å². The van der Waals surface area contributed by atoms with Gasteiger partial charge in [-0.1, -0.05) is 35.9 Å². The summed E-state index contributed by atoms with van der Waals surface area (Å²) in [6.07, 6.45) is 0. The van der Waals surface area contributed by atoms with E-state index in [4.69, 9.17) is 4.74 Å². The van der Waals surface area contributed by atoms with Crippen molar-refractivity contribution in [2.75, 3.05) is 0 Å². The summed E-state index contributed by atoms with van der Waals surface area (Å²) in [5.41, 5.74) is 4.51. The van der Waals surface area contributed by atoms with Gasteiger partial charge in [0.1, 0.15) is 18.1 Å². The third-order valence-electron chi connectivity index (χ3n) is 3.75. The lowest BCUT2D eigenvalue weighted by atomic mass is 10.1. The van der Waals surface area contributed by atoms with Gasteiger partial charge in [0.2, 0.25) is 0 Å². The first-order valence-electron chi connectivity index (χ1n) is 7.96. The van der Waals surface area contributed by atoms with Crippen molar-refractivity contribution in [1.29, 1.82) is 0 Å². The van der Waals surface area contributed by atoms with Gasteiger partial charge in [-0.3, -0.25) is 4.79 Å². The van der Waals surface area contributed by atoms with Crippen LogP contribution in [0.5, 0.6) is 5.75 Å². The lowest BCUT2D eigenvalue weighted by Gasteiger charge is -2.09. The van der Waals surface area contributed by atoms with Crippen LogP contribution in [0, 0.1) is 13.8 Å². The summed E-state index contributed by atoms with van der Waals surface area (Å²) in [4.78, 5) is 12.4. The topological polar surface area (TPSA) is 64.1 Å². The Morgan fingerprint density at radius 1 is 1.12 bits per heavy atom. The van der Waals surface area contributed by atoms with Gasteiger partial charge in [-0.25, -0.2) is 0 Å². The van der Waals surface area contributed by atoms with Gasteiger partial charge >= 0.3 is 0 Å². The molecule has 1 aromatic heterocycles. The molecule has 2 aromatic carbocycles. The van der Waals surface area contributed by atoms with Crippen LogP contribution in [-0.4, -0.2) is 14.7 Å². The molecule has 3 rings (SSSR count). The Bertz CT molecular complexity index is 876. The van der Waals surface area contributed by atoms with Crippen molar-refractivity contribution >= 4 is 17.6 Å². The number of carbonyl (C=O) groups excluding carboxylic acids is 1. The standard InChI is InChI=1S/C19H19N3O2S/c1-13-5-3-6-15(9-13)11-20-19(23)16-7-4-8-17(10-16)24-12-18-14(2)21-25-22-18/h3-10H,11-12H2,1-2H3,(H,20,23). The highest BCUT2D eigenvalue weighted by Gasteiger charge is 2.08. The molecule has 1 heterocycles. The van der Waals surface area contributed by atoms with E-state index in [1.54, 1.807) is 12.1 Å². The molecule has 0 spiro atoms. The van der Waals surface area contributed by atoms with Crippen LogP contribution in [0.3, 0.4) is 0 Å². The number of hydrogen-bond donors (Lipinski definition) is 1. The normalized spacial score (nSPS) is 10.5. The summed E-state index contributed by atoms with van der Waals surface area (Å²) in [6, 6.07) is 15.2. The molecule has 0 aliphatic carbocycles. The van der Waals surface area contributed by atoms with E-state index >= 15 is 0 Å². The Morgan fingerprint density at radius 3 is 2.72 bits per heavy atom. The second kappa shape index (κ2) is 7.90.